The third-order valence-electron chi connectivity index (χ3n) is 3.81. The van der Waals surface area contributed by atoms with Gasteiger partial charge in [0.1, 0.15) is 0 Å². The highest BCUT2D eigenvalue weighted by Gasteiger charge is 2.14. The van der Waals surface area contributed by atoms with Crippen molar-refractivity contribution in [1.82, 2.24) is 30.0 Å². The van der Waals surface area contributed by atoms with E-state index in [1.54, 1.807) is 6.21 Å². The minimum absolute atomic E-state index is 0.0253. The smallest absolute Gasteiger partial charge is 0.311 e. The molecule has 0 saturated heterocycles. The van der Waals surface area contributed by atoms with Crippen molar-refractivity contribution in [3.8, 4) is 0 Å². The lowest BCUT2D eigenvalue weighted by Gasteiger charge is -1.97. The van der Waals surface area contributed by atoms with Crippen LogP contribution in [0.25, 0.3) is 16.7 Å². The molecule has 0 atom stereocenters. The molecule has 0 aliphatic carbocycles. The Hall–Kier alpha value is -3.55. The molecule has 0 aliphatic heterocycles. The maximum Gasteiger partial charge on any atom is 0.311 e. The van der Waals surface area contributed by atoms with Crippen molar-refractivity contribution in [3.63, 3.8) is 0 Å². The number of aromatic nitrogens is 5. The summed E-state index contributed by atoms with van der Waals surface area (Å²) in [5, 5.41) is 9.20. The molecule has 8 heteroatoms. The van der Waals surface area contributed by atoms with Crippen molar-refractivity contribution in [2.75, 3.05) is 0 Å². The van der Waals surface area contributed by atoms with E-state index in [0.29, 0.717) is 5.78 Å². The summed E-state index contributed by atoms with van der Waals surface area (Å²) in [5.74, 6) is -0.0702. The number of nitrogens with one attached hydrogen (secondary N) is 2. The predicted molar refractivity (Wildman–Crippen MR) is 93.6 cm³/mol. The molecule has 8 nitrogen and oxygen atoms in total. The number of hydrazone groups is 1. The van der Waals surface area contributed by atoms with E-state index in [0.717, 1.165) is 27.9 Å². The van der Waals surface area contributed by atoms with Gasteiger partial charge in [0.05, 0.1) is 6.21 Å². The zero-order valence-corrected chi connectivity index (χ0v) is 13.7. The third kappa shape index (κ3) is 2.74. The number of nitrogens with zero attached hydrogens (tertiary/aromatic N) is 5. The van der Waals surface area contributed by atoms with Crippen LogP contribution in [0.3, 0.4) is 0 Å². The van der Waals surface area contributed by atoms with Crippen LogP contribution in [0.2, 0.25) is 0 Å². The SMILES string of the molecule is Cc1cc(C)n2nc(C(=O)N/N=C/c3c[nH]c4ccccc34)nc2n1. The Morgan fingerprint density at radius 1 is 1.28 bits per heavy atom. The topological polar surface area (TPSA) is 100 Å². The summed E-state index contributed by atoms with van der Waals surface area (Å²) in [6.07, 6.45) is 3.42. The average molecular weight is 333 g/mol. The first kappa shape index (κ1) is 15.0. The highest BCUT2D eigenvalue weighted by Crippen LogP contribution is 2.15. The molecule has 0 spiro atoms. The zero-order valence-electron chi connectivity index (χ0n) is 13.7. The second-order valence-corrected chi connectivity index (χ2v) is 5.67. The molecule has 0 bridgehead atoms. The summed E-state index contributed by atoms with van der Waals surface area (Å²) in [6.45, 7) is 3.75. The van der Waals surface area contributed by atoms with Gasteiger partial charge in [0.15, 0.2) is 0 Å². The van der Waals surface area contributed by atoms with Gasteiger partial charge in [-0.05, 0) is 26.0 Å². The van der Waals surface area contributed by atoms with Crippen LogP contribution in [-0.2, 0) is 0 Å². The fraction of sp³-hybridized carbons (Fsp3) is 0.118. The van der Waals surface area contributed by atoms with Crippen molar-refractivity contribution >= 4 is 28.8 Å². The number of carbonyl (C=O) groups excluding carboxylic acids is 1. The maximum atomic E-state index is 12.2. The van der Waals surface area contributed by atoms with Crippen LogP contribution < -0.4 is 5.43 Å². The number of carbonyl (C=O) groups is 1. The molecule has 4 aromatic rings. The molecule has 0 unspecified atom stereocenters. The number of rotatable bonds is 3. The van der Waals surface area contributed by atoms with Gasteiger partial charge in [-0.15, -0.1) is 5.10 Å². The van der Waals surface area contributed by atoms with Gasteiger partial charge in [0.25, 0.3) is 5.78 Å². The van der Waals surface area contributed by atoms with Gasteiger partial charge in [0, 0.05) is 34.1 Å². The van der Waals surface area contributed by atoms with Gasteiger partial charge in [0.2, 0.25) is 5.82 Å². The maximum absolute atomic E-state index is 12.2. The van der Waals surface area contributed by atoms with Crippen LogP contribution >= 0.6 is 0 Å². The Morgan fingerprint density at radius 2 is 2.12 bits per heavy atom. The van der Waals surface area contributed by atoms with Crippen molar-refractivity contribution in [3.05, 3.63) is 59.3 Å². The van der Waals surface area contributed by atoms with E-state index in [-0.39, 0.29) is 5.82 Å². The number of hydrogen-bond acceptors (Lipinski definition) is 5. The Morgan fingerprint density at radius 3 is 3.00 bits per heavy atom. The van der Waals surface area contributed by atoms with Gasteiger partial charge in [-0.2, -0.15) is 10.1 Å². The Labute approximate surface area is 142 Å². The third-order valence-corrected chi connectivity index (χ3v) is 3.81. The molecule has 124 valence electrons. The van der Waals surface area contributed by atoms with E-state index in [4.69, 9.17) is 0 Å². The monoisotopic (exact) mass is 333 g/mol. The summed E-state index contributed by atoms with van der Waals surface area (Å²) in [7, 11) is 0. The van der Waals surface area contributed by atoms with Crippen molar-refractivity contribution in [2.24, 2.45) is 5.10 Å². The molecular formula is C17H15N7O. The fourth-order valence-corrected chi connectivity index (χ4v) is 2.67. The predicted octanol–water partition coefficient (Wildman–Crippen LogP) is 1.99. The summed E-state index contributed by atoms with van der Waals surface area (Å²) < 4.78 is 1.53. The van der Waals surface area contributed by atoms with Gasteiger partial charge in [-0.1, -0.05) is 18.2 Å². The van der Waals surface area contributed by atoms with Crippen LogP contribution in [0.5, 0.6) is 0 Å². The fourth-order valence-electron chi connectivity index (χ4n) is 2.67. The molecule has 0 saturated carbocycles. The van der Waals surface area contributed by atoms with E-state index in [1.807, 2.05) is 50.4 Å². The molecule has 25 heavy (non-hydrogen) atoms. The molecule has 0 radical (unpaired) electrons. The van der Waals surface area contributed by atoms with E-state index >= 15 is 0 Å². The largest absolute Gasteiger partial charge is 0.361 e. The average Bonchev–Trinajstić information content (AvgIpc) is 3.19. The number of aromatic amines is 1. The quantitative estimate of drug-likeness (QED) is 0.442. The van der Waals surface area contributed by atoms with E-state index < -0.39 is 5.91 Å². The molecule has 2 N–H and O–H groups in total. The molecule has 3 heterocycles. The van der Waals surface area contributed by atoms with E-state index in [1.165, 1.54) is 4.52 Å². The molecule has 3 aromatic heterocycles. The molecule has 0 fully saturated rings. The second-order valence-electron chi connectivity index (χ2n) is 5.67. The molecular weight excluding hydrogens is 318 g/mol. The van der Waals surface area contributed by atoms with E-state index in [2.05, 4.69) is 30.6 Å². The van der Waals surface area contributed by atoms with Crippen LogP contribution in [-0.4, -0.2) is 36.7 Å². The first-order valence-electron chi connectivity index (χ1n) is 7.72. The normalized spacial score (nSPS) is 11.6. The number of fused-ring (bicyclic) bond motifs is 2. The standard InChI is InChI=1S/C17H15N7O/c1-10-7-11(2)24-17(20-10)21-15(23-24)16(25)22-19-9-12-8-18-14-6-4-3-5-13(12)14/h3-9,18H,1-2H3,(H,22,25)/b19-9+. The zero-order chi connectivity index (χ0) is 17.4. The van der Waals surface area contributed by atoms with Gasteiger partial charge in [-0.3, -0.25) is 4.79 Å². The summed E-state index contributed by atoms with van der Waals surface area (Å²) in [6, 6.07) is 9.73. The lowest BCUT2D eigenvalue weighted by atomic mass is 10.2. The first-order chi connectivity index (χ1) is 12.1. The summed E-state index contributed by atoms with van der Waals surface area (Å²) in [4.78, 5) is 23.8. The minimum atomic E-state index is -0.487. The highest BCUT2D eigenvalue weighted by molar-refractivity contribution is 5.99. The highest BCUT2D eigenvalue weighted by atomic mass is 16.2. The van der Waals surface area contributed by atoms with Gasteiger partial charge >= 0.3 is 5.91 Å². The van der Waals surface area contributed by atoms with Crippen LogP contribution in [0.15, 0.2) is 41.6 Å². The van der Waals surface area contributed by atoms with Gasteiger partial charge < -0.3 is 4.98 Å². The van der Waals surface area contributed by atoms with Gasteiger partial charge in [-0.25, -0.2) is 14.9 Å². The van der Waals surface area contributed by atoms with Crippen LogP contribution in [0, 0.1) is 13.8 Å². The molecule has 1 amide bonds. The van der Waals surface area contributed by atoms with Crippen molar-refractivity contribution in [1.29, 1.82) is 0 Å². The van der Waals surface area contributed by atoms with E-state index in [9.17, 15) is 4.79 Å². The number of aryl methyl sites for hydroxylation is 2. The first-order valence-corrected chi connectivity index (χ1v) is 7.72. The van der Waals surface area contributed by atoms with Crippen molar-refractivity contribution < 1.29 is 4.79 Å². The Balaban J connectivity index is 1.55. The molecule has 0 aliphatic rings. The summed E-state index contributed by atoms with van der Waals surface area (Å²) >= 11 is 0. The number of H-pyrrole nitrogens is 1. The van der Waals surface area contributed by atoms with Crippen LogP contribution in [0.4, 0.5) is 0 Å². The van der Waals surface area contributed by atoms with Crippen molar-refractivity contribution in [2.45, 2.75) is 13.8 Å². The number of para-hydroxylation sites is 1. The minimum Gasteiger partial charge on any atom is -0.361 e. The number of amides is 1. The summed E-state index contributed by atoms with van der Waals surface area (Å²) in [5.41, 5.74) is 6.02. The Bertz CT molecular complexity index is 1120. The lowest BCUT2D eigenvalue weighted by molar-refractivity contribution is 0.0945. The number of hydrogen-bond donors (Lipinski definition) is 2. The molecule has 4 rings (SSSR count). The number of benzene rings is 1. The second kappa shape index (κ2) is 5.82. The molecule has 1 aromatic carbocycles. The van der Waals surface area contributed by atoms with Crippen LogP contribution in [0.1, 0.15) is 27.6 Å². The lowest BCUT2D eigenvalue weighted by Crippen LogP contribution is -2.19. The Kier molecular flexibility index (Phi) is 3.50.